The molecule has 0 aliphatic carbocycles. The minimum Gasteiger partial charge on any atom is -0.354 e. The van der Waals surface area contributed by atoms with Crippen LogP contribution in [0.5, 0.6) is 0 Å². The average Bonchev–Trinajstić information content (AvgIpc) is 2.65. The standard InChI is InChI=1S/C24H32N2O2/c1-17(2)21(23(28)25-16-15-18-9-7-6-8-10-18)26-22(27)19-11-13-20(14-12-19)24(3,4)5/h6-14,17,21H,15-16H2,1-5H3,(H,25,28)(H,26,27). The maximum absolute atomic E-state index is 12.6. The minimum absolute atomic E-state index is 0.00507. The number of carbonyl (C=O) groups excluding carboxylic acids is 2. The fourth-order valence-corrected chi connectivity index (χ4v) is 2.97. The predicted octanol–water partition coefficient (Wildman–Crippen LogP) is 4.10. The molecule has 0 saturated heterocycles. The first kappa shape index (κ1) is 21.7. The highest BCUT2D eigenvalue weighted by atomic mass is 16.2. The molecular weight excluding hydrogens is 348 g/mol. The van der Waals surface area contributed by atoms with E-state index >= 15 is 0 Å². The summed E-state index contributed by atoms with van der Waals surface area (Å²) in [4.78, 5) is 25.2. The lowest BCUT2D eigenvalue weighted by atomic mass is 9.86. The van der Waals surface area contributed by atoms with Crippen LogP contribution in [0.4, 0.5) is 0 Å². The first-order valence-electron chi connectivity index (χ1n) is 9.91. The van der Waals surface area contributed by atoms with Gasteiger partial charge in [-0.3, -0.25) is 9.59 Å². The van der Waals surface area contributed by atoms with Gasteiger partial charge in [0.15, 0.2) is 0 Å². The third kappa shape index (κ3) is 6.22. The van der Waals surface area contributed by atoms with Gasteiger partial charge >= 0.3 is 0 Å². The highest BCUT2D eigenvalue weighted by molar-refractivity contribution is 5.97. The van der Waals surface area contributed by atoms with Crippen LogP contribution >= 0.6 is 0 Å². The van der Waals surface area contributed by atoms with Crippen molar-refractivity contribution in [3.63, 3.8) is 0 Å². The van der Waals surface area contributed by atoms with E-state index in [4.69, 9.17) is 0 Å². The molecule has 2 N–H and O–H groups in total. The van der Waals surface area contributed by atoms with Gasteiger partial charge in [-0.2, -0.15) is 0 Å². The molecule has 2 rings (SSSR count). The smallest absolute Gasteiger partial charge is 0.251 e. The minimum atomic E-state index is -0.564. The van der Waals surface area contributed by atoms with Gasteiger partial charge < -0.3 is 10.6 Å². The maximum Gasteiger partial charge on any atom is 0.251 e. The fraction of sp³-hybridized carbons (Fsp3) is 0.417. The van der Waals surface area contributed by atoms with E-state index in [0.717, 1.165) is 6.42 Å². The Labute approximate surface area is 168 Å². The molecule has 0 fully saturated rings. The lowest BCUT2D eigenvalue weighted by Gasteiger charge is -2.22. The Kier molecular flexibility index (Phi) is 7.38. The Bertz CT molecular complexity index is 775. The van der Waals surface area contributed by atoms with Crippen LogP contribution in [-0.2, 0) is 16.6 Å². The highest BCUT2D eigenvalue weighted by Crippen LogP contribution is 2.22. The summed E-state index contributed by atoms with van der Waals surface area (Å²) in [6.07, 6.45) is 0.763. The Morgan fingerprint density at radius 3 is 2.07 bits per heavy atom. The Morgan fingerprint density at radius 1 is 0.929 bits per heavy atom. The van der Waals surface area contributed by atoms with E-state index in [1.54, 1.807) is 0 Å². The number of hydrogen-bond acceptors (Lipinski definition) is 2. The number of amides is 2. The third-order valence-corrected chi connectivity index (χ3v) is 4.80. The SMILES string of the molecule is CC(C)C(NC(=O)c1ccc(C(C)(C)C)cc1)C(=O)NCCc1ccccc1. The van der Waals surface area contributed by atoms with Gasteiger partial charge in [0, 0.05) is 12.1 Å². The summed E-state index contributed by atoms with van der Waals surface area (Å²) >= 11 is 0. The average molecular weight is 381 g/mol. The number of carbonyl (C=O) groups is 2. The second-order valence-corrected chi connectivity index (χ2v) is 8.55. The van der Waals surface area contributed by atoms with Crippen LogP contribution in [0.1, 0.15) is 56.1 Å². The van der Waals surface area contributed by atoms with E-state index in [2.05, 4.69) is 31.4 Å². The van der Waals surface area contributed by atoms with Crippen LogP contribution in [0.25, 0.3) is 0 Å². The van der Waals surface area contributed by atoms with Crippen LogP contribution in [0.15, 0.2) is 54.6 Å². The zero-order valence-corrected chi connectivity index (χ0v) is 17.6. The first-order chi connectivity index (χ1) is 13.2. The van der Waals surface area contributed by atoms with E-state index in [9.17, 15) is 9.59 Å². The molecule has 2 amide bonds. The molecule has 28 heavy (non-hydrogen) atoms. The summed E-state index contributed by atoms with van der Waals surface area (Å²) < 4.78 is 0. The maximum atomic E-state index is 12.6. The molecular formula is C24H32N2O2. The Hall–Kier alpha value is -2.62. The van der Waals surface area contributed by atoms with Crippen LogP contribution in [0.2, 0.25) is 0 Å². The molecule has 2 aromatic carbocycles. The molecule has 0 aromatic heterocycles. The third-order valence-electron chi connectivity index (χ3n) is 4.80. The lowest BCUT2D eigenvalue weighted by Crippen LogP contribution is -2.50. The summed E-state index contributed by atoms with van der Waals surface area (Å²) in [5, 5.41) is 5.83. The molecule has 4 heteroatoms. The van der Waals surface area contributed by atoms with Crippen molar-refractivity contribution in [2.24, 2.45) is 5.92 Å². The van der Waals surface area contributed by atoms with Gasteiger partial charge in [0.25, 0.3) is 5.91 Å². The second kappa shape index (κ2) is 9.54. The van der Waals surface area contributed by atoms with E-state index in [1.165, 1.54) is 11.1 Å². The van der Waals surface area contributed by atoms with Gasteiger partial charge in [0.05, 0.1) is 0 Å². The van der Waals surface area contributed by atoms with Crippen molar-refractivity contribution in [2.45, 2.75) is 52.5 Å². The molecule has 0 spiro atoms. The van der Waals surface area contributed by atoms with Crippen molar-refractivity contribution >= 4 is 11.8 Å². The largest absolute Gasteiger partial charge is 0.354 e. The van der Waals surface area contributed by atoms with E-state index < -0.39 is 6.04 Å². The van der Waals surface area contributed by atoms with Crippen molar-refractivity contribution in [3.8, 4) is 0 Å². The number of rotatable bonds is 7. The summed E-state index contributed by atoms with van der Waals surface area (Å²) in [5.41, 5.74) is 2.94. The van der Waals surface area contributed by atoms with E-state index in [1.807, 2.05) is 68.4 Å². The monoisotopic (exact) mass is 380 g/mol. The molecule has 0 radical (unpaired) electrons. The molecule has 0 heterocycles. The van der Waals surface area contributed by atoms with Crippen molar-refractivity contribution in [1.82, 2.24) is 10.6 Å². The molecule has 1 unspecified atom stereocenters. The summed E-state index contributed by atoms with van der Waals surface area (Å²) in [7, 11) is 0. The summed E-state index contributed by atoms with van der Waals surface area (Å²) in [6, 6.07) is 17.0. The van der Waals surface area contributed by atoms with Gasteiger partial charge in [-0.05, 0) is 41.0 Å². The summed E-state index contributed by atoms with van der Waals surface area (Å²) in [5.74, 6) is -0.377. The lowest BCUT2D eigenvalue weighted by molar-refractivity contribution is -0.123. The zero-order chi connectivity index (χ0) is 20.7. The van der Waals surface area contributed by atoms with Gasteiger partial charge in [-0.15, -0.1) is 0 Å². The van der Waals surface area contributed by atoms with Crippen LogP contribution in [0, 0.1) is 5.92 Å². The number of hydrogen-bond donors (Lipinski definition) is 2. The first-order valence-corrected chi connectivity index (χ1v) is 9.91. The molecule has 0 aliphatic heterocycles. The van der Waals surface area contributed by atoms with Crippen molar-refractivity contribution in [2.75, 3.05) is 6.54 Å². The molecule has 0 aliphatic rings. The Morgan fingerprint density at radius 2 is 1.54 bits per heavy atom. The van der Waals surface area contributed by atoms with Gasteiger partial charge in [-0.25, -0.2) is 0 Å². The number of nitrogens with one attached hydrogen (secondary N) is 2. The molecule has 0 bridgehead atoms. The highest BCUT2D eigenvalue weighted by Gasteiger charge is 2.24. The van der Waals surface area contributed by atoms with Crippen LogP contribution in [-0.4, -0.2) is 24.4 Å². The second-order valence-electron chi connectivity index (χ2n) is 8.55. The molecule has 1 atom stereocenters. The van der Waals surface area contributed by atoms with E-state index in [0.29, 0.717) is 12.1 Å². The molecule has 4 nitrogen and oxygen atoms in total. The van der Waals surface area contributed by atoms with Gasteiger partial charge in [0.1, 0.15) is 6.04 Å². The predicted molar refractivity (Wildman–Crippen MR) is 114 cm³/mol. The molecule has 2 aromatic rings. The fourth-order valence-electron chi connectivity index (χ4n) is 2.97. The van der Waals surface area contributed by atoms with Crippen molar-refractivity contribution in [1.29, 1.82) is 0 Å². The zero-order valence-electron chi connectivity index (χ0n) is 17.6. The van der Waals surface area contributed by atoms with E-state index in [-0.39, 0.29) is 23.1 Å². The molecule has 150 valence electrons. The van der Waals surface area contributed by atoms with Gasteiger partial charge in [0.2, 0.25) is 5.91 Å². The normalized spacial score (nSPS) is 12.5. The van der Waals surface area contributed by atoms with Gasteiger partial charge in [-0.1, -0.05) is 77.1 Å². The molecule has 0 saturated carbocycles. The van der Waals surface area contributed by atoms with Crippen LogP contribution < -0.4 is 10.6 Å². The topological polar surface area (TPSA) is 58.2 Å². The number of benzene rings is 2. The van der Waals surface area contributed by atoms with Crippen molar-refractivity contribution in [3.05, 3.63) is 71.3 Å². The Balaban J connectivity index is 1.95. The van der Waals surface area contributed by atoms with Crippen LogP contribution in [0.3, 0.4) is 0 Å². The quantitative estimate of drug-likeness (QED) is 0.760. The summed E-state index contributed by atoms with van der Waals surface area (Å²) in [6.45, 7) is 10.8. The van der Waals surface area contributed by atoms with Crippen molar-refractivity contribution < 1.29 is 9.59 Å².